The lowest BCUT2D eigenvalue weighted by Crippen LogP contribution is -2.07. The molecule has 0 aromatic carbocycles. The van der Waals surface area contributed by atoms with Crippen molar-refractivity contribution in [2.75, 3.05) is 12.0 Å². The molecule has 0 rings (SSSR count). The number of rotatable bonds is 6. The van der Waals surface area contributed by atoms with Crippen molar-refractivity contribution < 1.29 is 5.11 Å². The quantitative estimate of drug-likeness (QED) is 0.624. The first-order chi connectivity index (χ1) is 5.16. The van der Waals surface area contributed by atoms with Crippen LogP contribution in [0.5, 0.6) is 0 Å². The van der Waals surface area contributed by atoms with Crippen LogP contribution >= 0.6 is 11.8 Å². The van der Waals surface area contributed by atoms with Gasteiger partial charge in [-0.2, -0.15) is 11.8 Å². The molecule has 0 aliphatic carbocycles. The molecule has 0 saturated heterocycles. The van der Waals surface area contributed by atoms with E-state index in [1.807, 2.05) is 6.92 Å². The predicted octanol–water partition coefficient (Wildman–Crippen LogP) is 2.46. The molecule has 2 heteroatoms. The normalized spacial score (nSPS) is 13.0. The standard InChI is InChI=1S/C9H18OS/c1-8(2)4-5-9(10)6-7-11-3/h9-10H,1,4-7H2,2-3H3. The first kappa shape index (κ1) is 11.1. The summed E-state index contributed by atoms with van der Waals surface area (Å²) in [5.74, 6) is 1.05. The fourth-order valence-corrected chi connectivity index (χ4v) is 1.32. The number of thioether (sulfide) groups is 1. The van der Waals surface area contributed by atoms with Crippen LogP contribution in [0.1, 0.15) is 26.2 Å². The van der Waals surface area contributed by atoms with E-state index >= 15 is 0 Å². The zero-order valence-corrected chi connectivity index (χ0v) is 8.28. The van der Waals surface area contributed by atoms with Crippen molar-refractivity contribution in [3.05, 3.63) is 12.2 Å². The molecular formula is C9H18OS. The molecule has 1 atom stereocenters. The maximum atomic E-state index is 9.37. The van der Waals surface area contributed by atoms with Crippen molar-refractivity contribution in [2.45, 2.75) is 32.3 Å². The van der Waals surface area contributed by atoms with Crippen LogP contribution in [0.4, 0.5) is 0 Å². The van der Waals surface area contributed by atoms with Crippen LogP contribution in [-0.2, 0) is 0 Å². The van der Waals surface area contributed by atoms with Gasteiger partial charge >= 0.3 is 0 Å². The minimum absolute atomic E-state index is 0.126. The lowest BCUT2D eigenvalue weighted by Gasteiger charge is -2.08. The fraction of sp³-hybridized carbons (Fsp3) is 0.778. The molecule has 0 amide bonds. The van der Waals surface area contributed by atoms with Crippen LogP contribution in [0.25, 0.3) is 0 Å². The van der Waals surface area contributed by atoms with Gasteiger partial charge in [0.25, 0.3) is 0 Å². The van der Waals surface area contributed by atoms with Crippen molar-refractivity contribution >= 4 is 11.8 Å². The minimum atomic E-state index is -0.126. The van der Waals surface area contributed by atoms with Gasteiger partial charge in [-0.15, -0.1) is 6.58 Å². The third-order valence-electron chi connectivity index (χ3n) is 1.56. The molecule has 0 heterocycles. The Bertz CT molecular complexity index is 112. The molecule has 0 aromatic heterocycles. The zero-order chi connectivity index (χ0) is 8.69. The van der Waals surface area contributed by atoms with Crippen LogP contribution in [0.2, 0.25) is 0 Å². The van der Waals surface area contributed by atoms with Crippen molar-refractivity contribution in [1.82, 2.24) is 0 Å². The molecule has 1 N–H and O–H groups in total. The van der Waals surface area contributed by atoms with Crippen LogP contribution in [0, 0.1) is 0 Å². The zero-order valence-electron chi connectivity index (χ0n) is 7.47. The summed E-state index contributed by atoms with van der Waals surface area (Å²) in [6, 6.07) is 0. The van der Waals surface area contributed by atoms with Gasteiger partial charge in [-0.05, 0) is 38.2 Å². The minimum Gasteiger partial charge on any atom is -0.393 e. The second-order valence-corrected chi connectivity index (χ2v) is 3.92. The highest BCUT2D eigenvalue weighted by Gasteiger charge is 2.02. The van der Waals surface area contributed by atoms with Gasteiger partial charge in [0, 0.05) is 0 Å². The highest BCUT2D eigenvalue weighted by molar-refractivity contribution is 7.98. The van der Waals surface area contributed by atoms with Crippen LogP contribution in [0.3, 0.4) is 0 Å². The van der Waals surface area contributed by atoms with Gasteiger partial charge in [-0.25, -0.2) is 0 Å². The van der Waals surface area contributed by atoms with Gasteiger partial charge in [0.15, 0.2) is 0 Å². The van der Waals surface area contributed by atoms with E-state index in [-0.39, 0.29) is 6.10 Å². The molecule has 0 radical (unpaired) electrons. The lowest BCUT2D eigenvalue weighted by molar-refractivity contribution is 0.162. The number of allylic oxidation sites excluding steroid dienone is 1. The second kappa shape index (κ2) is 6.74. The van der Waals surface area contributed by atoms with Crippen molar-refractivity contribution in [2.24, 2.45) is 0 Å². The molecule has 0 bridgehead atoms. The average molecular weight is 174 g/mol. The smallest absolute Gasteiger partial charge is 0.0551 e. The highest BCUT2D eigenvalue weighted by Crippen LogP contribution is 2.09. The van der Waals surface area contributed by atoms with Gasteiger partial charge in [0.05, 0.1) is 6.10 Å². The van der Waals surface area contributed by atoms with Crippen molar-refractivity contribution in [1.29, 1.82) is 0 Å². The van der Waals surface area contributed by atoms with Gasteiger partial charge < -0.3 is 5.11 Å². The summed E-state index contributed by atoms with van der Waals surface area (Å²) in [5, 5.41) is 9.37. The second-order valence-electron chi connectivity index (χ2n) is 2.93. The Morgan fingerprint density at radius 1 is 1.55 bits per heavy atom. The van der Waals surface area contributed by atoms with Gasteiger partial charge in [0.1, 0.15) is 0 Å². The maximum absolute atomic E-state index is 9.37. The number of aliphatic hydroxyl groups excluding tert-OH is 1. The van der Waals surface area contributed by atoms with E-state index in [9.17, 15) is 5.11 Å². The highest BCUT2D eigenvalue weighted by atomic mass is 32.2. The van der Waals surface area contributed by atoms with Gasteiger partial charge in [0.2, 0.25) is 0 Å². The summed E-state index contributed by atoms with van der Waals surface area (Å²) in [6.45, 7) is 5.79. The molecule has 0 spiro atoms. The molecule has 0 aliphatic heterocycles. The Morgan fingerprint density at radius 2 is 2.18 bits per heavy atom. The predicted molar refractivity (Wildman–Crippen MR) is 53.1 cm³/mol. The third-order valence-corrected chi connectivity index (χ3v) is 2.20. The van der Waals surface area contributed by atoms with Gasteiger partial charge in [-0.1, -0.05) is 5.57 Å². The summed E-state index contributed by atoms with van der Waals surface area (Å²) in [4.78, 5) is 0. The molecule has 66 valence electrons. The van der Waals surface area contributed by atoms with E-state index in [0.29, 0.717) is 0 Å². The van der Waals surface area contributed by atoms with Crippen LogP contribution < -0.4 is 0 Å². The first-order valence-electron chi connectivity index (χ1n) is 3.98. The molecule has 0 saturated carbocycles. The van der Waals surface area contributed by atoms with Crippen LogP contribution in [-0.4, -0.2) is 23.2 Å². The summed E-state index contributed by atoms with van der Waals surface area (Å²) in [6.07, 6.45) is 4.67. The molecule has 11 heavy (non-hydrogen) atoms. The number of aliphatic hydroxyl groups is 1. The van der Waals surface area contributed by atoms with E-state index in [0.717, 1.165) is 30.6 Å². The Kier molecular flexibility index (Phi) is 6.77. The summed E-state index contributed by atoms with van der Waals surface area (Å²) < 4.78 is 0. The van der Waals surface area contributed by atoms with Gasteiger partial charge in [-0.3, -0.25) is 0 Å². The maximum Gasteiger partial charge on any atom is 0.0551 e. The molecule has 0 aliphatic rings. The largest absolute Gasteiger partial charge is 0.393 e. The van der Waals surface area contributed by atoms with E-state index in [1.54, 1.807) is 11.8 Å². The average Bonchev–Trinajstić information content (AvgIpc) is 1.97. The Balaban J connectivity index is 3.22. The summed E-state index contributed by atoms with van der Waals surface area (Å²) in [7, 11) is 0. The van der Waals surface area contributed by atoms with Crippen molar-refractivity contribution in [3.8, 4) is 0 Å². The van der Waals surface area contributed by atoms with E-state index in [1.165, 1.54) is 0 Å². The van der Waals surface area contributed by atoms with Crippen molar-refractivity contribution in [3.63, 3.8) is 0 Å². The Labute approximate surface area is 73.9 Å². The van der Waals surface area contributed by atoms with Crippen LogP contribution in [0.15, 0.2) is 12.2 Å². The molecule has 1 unspecified atom stereocenters. The summed E-state index contributed by atoms with van der Waals surface area (Å²) >= 11 is 1.78. The van der Waals surface area contributed by atoms with E-state index in [4.69, 9.17) is 0 Å². The topological polar surface area (TPSA) is 20.2 Å². The molecule has 1 nitrogen and oxygen atoms in total. The SMILES string of the molecule is C=C(C)CCC(O)CCSC. The molecular weight excluding hydrogens is 156 g/mol. The number of hydrogen-bond acceptors (Lipinski definition) is 2. The number of hydrogen-bond donors (Lipinski definition) is 1. The Hall–Kier alpha value is 0.0500. The van der Waals surface area contributed by atoms with E-state index in [2.05, 4.69) is 12.8 Å². The monoisotopic (exact) mass is 174 g/mol. The lowest BCUT2D eigenvalue weighted by atomic mass is 10.1. The first-order valence-corrected chi connectivity index (χ1v) is 5.37. The Morgan fingerprint density at radius 3 is 2.64 bits per heavy atom. The van der Waals surface area contributed by atoms with E-state index < -0.39 is 0 Å². The molecule has 0 aromatic rings. The fourth-order valence-electron chi connectivity index (χ4n) is 0.811. The third kappa shape index (κ3) is 7.95. The molecule has 0 fully saturated rings. The summed E-state index contributed by atoms with van der Waals surface area (Å²) in [5.41, 5.74) is 1.16.